The number of phenols is 1. The lowest BCUT2D eigenvalue weighted by molar-refractivity contribution is 0.447. The molecule has 134 valence electrons. The third-order valence-corrected chi connectivity index (χ3v) is 5.50. The maximum absolute atomic E-state index is 9.73. The summed E-state index contributed by atoms with van der Waals surface area (Å²) in [7, 11) is 0. The molecule has 1 aliphatic heterocycles. The average Bonchev–Trinajstić information content (AvgIpc) is 2.67. The van der Waals surface area contributed by atoms with Crippen LogP contribution in [0.25, 0.3) is 22.0 Å². The molecule has 4 rings (SSSR count). The summed E-state index contributed by atoms with van der Waals surface area (Å²) in [6.07, 6.45) is 4.87. The van der Waals surface area contributed by atoms with Crippen LogP contribution in [0.3, 0.4) is 0 Å². The van der Waals surface area contributed by atoms with Gasteiger partial charge < -0.3 is 10.0 Å². The molecule has 26 heavy (non-hydrogen) atoms. The number of anilines is 1. The smallest absolute Gasteiger partial charge is 0.159 e. The van der Waals surface area contributed by atoms with Crippen LogP contribution in [-0.4, -0.2) is 27.9 Å². The summed E-state index contributed by atoms with van der Waals surface area (Å²) in [6.45, 7) is 5.30. The second-order valence-corrected chi connectivity index (χ2v) is 7.17. The first-order chi connectivity index (χ1) is 12.7. The zero-order chi connectivity index (χ0) is 18.1. The minimum Gasteiger partial charge on any atom is -0.508 e. The molecule has 1 aromatic heterocycles. The summed E-state index contributed by atoms with van der Waals surface area (Å²) in [5, 5.41) is 21.3. The van der Waals surface area contributed by atoms with Gasteiger partial charge in [0.25, 0.3) is 0 Å². The number of aryl methyl sites for hydroxylation is 1. The number of aromatic nitrogens is 2. The van der Waals surface area contributed by atoms with E-state index in [0.717, 1.165) is 46.4 Å². The molecule has 1 aliphatic rings. The van der Waals surface area contributed by atoms with Crippen molar-refractivity contribution in [1.82, 2.24) is 10.2 Å². The number of piperidine rings is 1. The molecular formula is C22H25N3O. The highest BCUT2D eigenvalue weighted by atomic mass is 16.3. The van der Waals surface area contributed by atoms with Crippen molar-refractivity contribution in [2.24, 2.45) is 0 Å². The van der Waals surface area contributed by atoms with Crippen molar-refractivity contribution in [2.75, 3.05) is 11.4 Å². The highest BCUT2D eigenvalue weighted by Gasteiger charge is 2.25. The Morgan fingerprint density at radius 3 is 2.65 bits per heavy atom. The van der Waals surface area contributed by atoms with Gasteiger partial charge in [0, 0.05) is 28.9 Å². The summed E-state index contributed by atoms with van der Waals surface area (Å²) in [5.41, 5.74) is 2.90. The summed E-state index contributed by atoms with van der Waals surface area (Å²) in [5.74, 6) is 1.28. The van der Waals surface area contributed by atoms with Gasteiger partial charge in [0.15, 0.2) is 5.82 Å². The van der Waals surface area contributed by atoms with Gasteiger partial charge in [-0.05, 0) is 56.4 Å². The predicted octanol–water partition coefficient (Wildman–Crippen LogP) is 5.08. The van der Waals surface area contributed by atoms with E-state index in [9.17, 15) is 5.11 Å². The van der Waals surface area contributed by atoms with Crippen LogP contribution >= 0.6 is 0 Å². The Balaban J connectivity index is 1.88. The van der Waals surface area contributed by atoms with Crippen LogP contribution in [0.15, 0.2) is 42.5 Å². The first-order valence-corrected chi connectivity index (χ1v) is 9.51. The van der Waals surface area contributed by atoms with E-state index >= 15 is 0 Å². The molecule has 1 saturated heterocycles. The number of hydrogen-bond donors (Lipinski definition) is 1. The normalized spacial score (nSPS) is 17.6. The number of fused-ring (bicyclic) bond motifs is 1. The molecule has 0 radical (unpaired) electrons. The molecule has 0 aliphatic carbocycles. The van der Waals surface area contributed by atoms with Crippen molar-refractivity contribution >= 4 is 16.6 Å². The molecule has 0 spiro atoms. The van der Waals surface area contributed by atoms with Crippen molar-refractivity contribution in [2.45, 2.75) is 45.6 Å². The van der Waals surface area contributed by atoms with Crippen molar-refractivity contribution in [3.8, 4) is 17.0 Å². The first-order valence-electron chi connectivity index (χ1n) is 9.51. The van der Waals surface area contributed by atoms with Gasteiger partial charge in [-0.25, -0.2) is 0 Å². The number of nitrogens with zero attached hydrogens (tertiary/aromatic N) is 3. The van der Waals surface area contributed by atoms with Crippen molar-refractivity contribution in [1.29, 1.82) is 0 Å². The van der Waals surface area contributed by atoms with E-state index in [1.165, 1.54) is 19.3 Å². The van der Waals surface area contributed by atoms with Crippen molar-refractivity contribution < 1.29 is 5.11 Å². The van der Waals surface area contributed by atoms with Crippen LogP contribution < -0.4 is 4.90 Å². The number of aromatic hydroxyl groups is 1. The molecule has 2 heterocycles. The quantitative estimate of drug-likeness (QED) is 0.718. The van der Waals surface area contributed by atoms with Gasteiger partial charge in [0.1, 0.15) is 11.4 Å². The van der Waals surface area contributed by atoms with Crippen LogP contribution in [0.2, 0.25) is 0 Å². The zero-order valence-corrected chi connectivity index (χ0v) is 15.4. The van der Waals surface area contributed by atoms with E-state index in [1.54, 1.807) is 12.1 Å². The van der Waals surface area contributed by atoms with E-state index < -0.39 is 0 Å². The van der Waals surface area contributed by atoms with Gasteiger partial charge in [0.2, 0.25) is 0 Å². The highest BCUT2D eigenvalue weighted by molar-refractivity contribution is 6.00. The minimum absolute atomic E-state index is 0.277. The van der Waals surface area contributed by atoms with Crippen LogP contribution in [0.4, 0.5) is 5.82 Å². The fourth-order valence-corrected chi connectivity index (χ4v) is 4.12. The Labute approximate surface area is 154 Å². The lowest BCUT2D eigenvalue weighted by Gasteiger charge is -2.36. The number of phenolic OH excluding ortho intramolecular Hbond substituents is 1. The maximum Gasteiger partial charge on any atom is 0.159 e. The van der Waals surface area contributed by atoms with Crippen molar-refractivity contribution in [3.63, 3.8) is 0 Å². The fourth-order valence-electron chi connectivity index (χ4n) is 4.12. The summed E-state index contributed by atoms with van der Waals surface area (Å²) >= 11 is 0. The van der Waals surface area contributed by atoms with Gasteiger partial charge in [-0.1, -0.05) is 31.2 Å². The third kappa shape index (κ3) is 2.90. The molecule has 0 saturated carbocycles. The number of benzene rings is 2. The predicted molar refractivity (Wildman–Crippen MR) is 107 cm³/mol. The molecule has 1 fully saturated rings. The van der Waals surface area contributed by atoms with E-state index in [4.69, 9.17) is 0 Å². The minimum atomic E-state index is 0.277. The van der Waals surface area contributed by atoms with Gasteiger partial charge in [-0.3, -0.25) is 0 Å². The fraction of sp³-hybridized carbons (Fsp3) is 0.364. The average molecular weight is 347 g/mol. The summed E-state index contributed by atoms with van der Waals surface area (Å²) in [4.78, 5) is 2.45. The standard InChI is InChI=1S/C22H25N3O/c1-3-16-8-6-7-13-25(16)22-20-10-5-4-9-19(20)21(23-24-22)18-12-11-17(26)14-15(18)2/h4-5,9-12,14,16,26H,3,6-8,13H2,1-2H3. The van der Waals surface area contributed by atoms with Gasteiger partial charge in [-0.15, -0.1) is 10.2 Å². The topological polar surface area (TPSA) is 49.2 Å². The van der Waals surface area contributed by atoms with Gasteiger partial charge in [-0.2, -0.15) is 0 Å². The molecule has 2 aromatic carbocycles. The van der Waals surface area contributed by atoms with Crippen molar-refractivity contribution in [3.05, 3.63) is 48.0 Å². The lowest BCUT2D eigenvalue weighted by Crippen LogP contribution is -2.39. The van der Waals surface area contributed by atoms with E-state index in [-0.39, 0.29) is 5.75 Å². The van der Waals surface area contributed by atoms with E-state index in [1.807, 2.05) is 13.0 Å². The van der Waals surface area contributed by atoms with Crippen LogP contribution in [0, 0.1) is 6.92 Å². The first kappa shape index (κ1) is 16.8. The molecule has 4 nitrogen and oxygen atoms in total. The number of hydrogen-bond acceptors (Lipinski definition) is 4. The molecule has 1 unspecified atom stereocenters. The third-order valence-electron chi connectivity index (χ3n) is 5.50. The molecule has 1 N–H and O–H groups in total. The van der Waals surface area contributed by atoms with Crippen LogP contribution in [0.1, 0.15) is 38.2 Å². The monoisotopic (exact) mass is 347 g/mol. The van der Waals surface area contributed by atoms with Crippen LogP contribution in [-0.2, 0) is 0 Å². The highest BCUT2D eigenvalue weighted by Crippen LogP contribution is 2.36. The second kappa shape index (κ2) is 6.94. The molecule has 0 bridgehead atoms. The molecule has 4 heteroatoms. The SMILES string of the molecule is CCC1CCCCN1c1nnc(-c2ccc(O)cc2C)c2ccccc12. The number of rotatable bonds is 3. The summed E-state index contributed by atoms with van der Waals surface area (Å²) < 4.78 is 0. The lowest BCUT2D eigenvalue weighted by atomic mass is 9.97. The Kier molecular flexibility index (Phi) is 4.49. The molecule has 1 atom stereocenters. The maximum atomic E-state index is 9.73. The Morgan fingerprint density at radius 2 is 1.88 bits per heavy atom. The zero-order valence-electron chi connectivity index (χ0n) is 15.4. The Hall–Kier alpha value is -2.62. The largest absolute Gasteiger partial charge is 0.508 e. The Morgan fingerprint density at radius 1 is 1.08 bits per heavy atom. The molecular weight excluding hydrogens is 322 g/mol. The van der Waals surface area contributed by atoms with E-state index in [0.29, 0.717) is 6.04 Å². The van der Waals surface area contributed by atoms with Gasteiger partial charge >= 0.3 is 0 Å². The second-order valence-electron chi connectivity index (χ2n) is 7.17. The molecule has 3 aromatic rings. The Bertz CT molecular complexity index is 938. The van der Waals surface area contributed by atoms with Crippen LogP contribution in [0.5, 0.6) is 5.75 Å². The molecule has 0 amide bonds. The van der Waals surface area contributed by atoms with E-state index in [2.05, 4.69) is 46.3 Å². The summed E-state index contributed by atoms with van der Waals surface area (Å²) in [6, 6.07) is 14.4. The van der Waals surface area contributed by atoms with Gasteiger partial charge in [0.05, 0.1) is 0 Å².